The van der Waals surface area contributed by atoms with E-state index in [1.165, 1.54) is 12.1 Å². The first-order valence-electron chi connectivity index (χ1n) is 8.65. The summed E-state index contributed by atoms with van der Waals surface area (Å²) < 4.78 is 38.3. The fourth-order valence-corrected chi connectivity index (χ4v) is 4.74. The summed E-state index contributed by atoms with van der Waals surface area (Å²) in [7, 11) is -2.98. The van der Waals surface area contributed by atoms with Gasteiger partial charge in [-0.15, -0.1) is 0 Å². The highest BCUT2D eigenvalue weighted by Gasteiger charge is 2.27. The molecule has 2 aromatic carbocycles. The lowest BCUT2D eigenvalue weighted by Crippen LogP contribution is -2.07. The second-order valence-corrected chi connectivity index (χ2v) is 8.78. The van der Waals surface area contributed by atoms with Gasteiger partial charge in [-0.2, -0.15) is 5.10 Å². The first kappa shape index (κ1) is 17.6. The monoisotopic (exact) mass is 383 g/mol. The van der Waals surface area contributed by atoms with Crippen molar-refractivity contribution >= 4 is 16.1 Å². The lowest BCUT2D eigenvalue weighted by atomic mass is 10.1. The molecule has 0 spiro atoms. The van der Waals surface area contributed by atoms with Crippen LogP contribution in [0.25, 0.3) is 16.9 Å². The summed E-state index contributed by atoms with van der Waals surface area (Å²) in [6, 6.07) is 15.5. The summed E-state index contributed by atoms with van der Waals surface area (Å²) in [5.74, 6) is -0.0432. The van der Waals surface area contributed by atoms with Crippen LogP contribution >= 0.6 is 0 Å². The van der Waals surface area contributed by atoms with Gasteiger partial charge in [-0.05, 0) is 42.8 Å². The van der Waals surface area contributed by atoms with Crippen LogP contribution in [0.15, 0.2) is 65.8 Å². The number of aliphatic imine (C=N–C) groups is 1. The Balaban J connectivity index is 1.72. The summed E-state index contributed by atoms with van der Waals surface area (Å²) in [5.41, 5.74) is 3.09. The standard InChI is InChI=1S/C20H18FN3O2S/c21-17-8-6-15(7-9-17)20-16(12-22-18-10-11-27(25,26)14-18)13-24(23-20)19-4-2-1-3-5-19/h1-9,12-13,18H,10-11,14H2/t18-/m0/s1. The SMILES string of the molecule is O=S1(=O)CC[C@H](N=Cc2cn(-c3ccccc3)nc2-c2ccc(F)cc2)C1. The van der Waals surface area contributed by atoms with Crippen molar-refractivity contribution in [2.24, 2.45) is 4.99 Å². The quantitative estimate of drug-likeness (QED) is 0.650. The van der Waals surface area contributed by atoms with Crippen LogP contribution in [0.5, 0.6) is 0 Å². The van der Waals surface area contributed by atoms with Gasteiger partial charge < -0.3 is 0 Å². The molecule has 5 nitrogen and oxygen atoms in total. The fraction of sp³-hybridized carbons (Fsp3) is 0.200. The van der Waals surface area contributed by atoms with Crippen LogP contribution in [0.4, 0.5) is 4.39 Å². The number of hydrogen-bond donors (Lipinski definition) is 0. The minimum absolute atomic E-state index is 0.0855. The van der Waals surface area contributed by atoms with E-state index in [4.69, 9.17) is 0 Å². The van der Waals surface area contributed by atoms with E-state index in [2.05, 4.69) is 10.1 Å². The second-order valence-electron chi connectivity index (χ2n) is 6.56. The molecular formula is C20H18FN3O2S. The van der Waals surface area contributed by atoms with Gasteiger partial charge in [-0.1, -0.05) is 18.2 Å². The molecule has 0 unspecified atom stereocenters. The van der Waals surface area contributed by atoms with Crippen LogP contribution in [0.3, 0.4) is 0 Å². The molecule has 0 amide bonds. The number of aromatic nitrogens is 2. The van der Waals surface area contributed by atoms with Crippen molar-refractivity contribution in [2.75, 3.05) is 11.5 Å². The van der Waals surface area contributed by atoms with Gasteiger partial charge in [0, 0.05) is 23.5 Å². The third-order valence-electron chi connectivity index (χ3n) is 4.51. The molecular weight excluding hydrogens is 365 g/mol. The normalized spacial score (nSPS) is 18.9. The number of para-hydroxylation sites is 1. The van der Waals surface area contributed by atoms with E-state index in [1.807, 2.05) is 36.5 Å². The van der Waals surface area contributed by atoms with E-state index in [9.17, 15) is 12.8 Å². The Morgan fingerprint density at radius 3 is 2.52 bits per heavy atom. The van der Waals surface area contributed by atoms with Gasteiger partial charge in [0.05, 0.1) is 23.2 Å². The van der Waals surface area contributed by atoms with Gasteiger partial charge in [0.2, 0.25) is 0 Å². The third-order valence-corrected chi connectivity index (χ3v) is 6.26. The highest BCUT2D eigenvalue weighted by atomic mass is 32.2. The van der Waals surface area contributed by atoms with Gasteiger partial charge in [0.15, 0.2) is 9.84 Å². The predicted molar refractivity (Wildman–Crippen MR) is 104 cm³/mol. The Kier molecular flexibility index (Phi) is 4.61. The van der Waals surface area contributed by atoms with E-state index in [0.717, 1.165) is 16.8 Å². The molecule has 1 saturated heterocycles. The minimum atomic E-state index is -2.98. The number of benzene rings is 2. The molecule has 1 aromatic heterocycles. The molecule has 1 atom stereocenters. The largest absolute Gasteiger partial charge is 0.288 e. The van der Waals surface area contributed by atoms with Gasteiger partial charge in [0.1, 0.15) is 11.5 Å². The maximum Gasteiger partial charge on any atom is 0.152 e. The molecule has 2 heterocycles. The van der Waals surface area contributed by atoms with Crippen molar-refractivity contribution in [3.63, 3.8) is 0 Å². The number of halogens is 1. The number of nitrogens with zero attached hydrogens (tertiary/aromatic N) is 3. The summed E-state index contributed by atoms with van der Waals surface area (Å²) in [4.78, 5) is 4.47. The van der Waals surface area contributed by atoms with Crippen LogP contribution < -0.4 is 0 Å². The van der Waals surface area contributed by atoms with Crippen molar-refractivity contribution in [1.29, 1.82) is 0 Å². The number of hydrogen-bond acceptors (Lipinski definition) is 4. The molecule has 0 N–H and O–H groups in total. The molecule has 3 aromatic rings. The van der Waals surface area contributed by atoms with Crippen molar-refractivity contribution in [3.8, 4) is 16.9 Å². The molecule has 1 fully saturated rings. The Hall–Kier alpha value is -2.80. The molecule has 0 radical (unpaired) electrons. The summed E-state index contributed by atoms with van der Waals surface area (Å²) in [6.45, 7) is 0. The summed E-state index contributed by atoms with van der Waals surface area (Å²) >= 11 is 0. The van der Waals surface area contributed by atoms with Gasteiger partial charge in [0.25, 0.3) is 0 Å². The second kappa shape index (κ2) is 7.08. The first-order valence-corrected chi connectivity index (χ1v) is 10.5. The highest BCUT2D eigenvalue weighted by Crippen LogP contribution is 2.24. The smallest absolute Gasteiger partial charge is 0.152 e. The molecule has 27 heavy (non-hydrogen) atoms. The maximum absolute atomic E-state index is 13.3. The van der Waals surface area contributed by atoms with Gasteiger partial charge >= 0.3 is 0 Å². The third kappa shape index (κ3) is 3.98. The van der Waals surface area contributed by atoms with Gasteiger partial charge in [-0.25, -0.2) is 17.5 Å². The van der Waals surface area contributed by atoms with Crippen LogP contribution in [0.1, 0.15) is 12.0 Å². The summed E-state index contributed by atoms with van der Waals surface area (Å²) in [6.07, 6.45) is 4.06. The molecule has 1 aliphatic rings. The van der Waals surface area contributed by atoms with E-state index >= 15 is 0 Å². The Labute approximate surface area is 157 Å². The van der Waals surface area contributed by atoms with E-state index in [-0.39, 0.29) is 23.4 Å². The molecule has 0 aliphatic carbocycles. The molecule has 0 bridgehead atoms. The summed E-state index contributed by atoms with van der Waals surface area (Å²) in [5, 5.41) is 4.64. The van der Waals surface area contributed by atoms with Crippen LogP contribution in [0.2, 0.25) is 0 Å². The number of rotatable bonds is 4. The Morgan fingerprint density at radius 1 is 1.11 bits per heavy atom. The highest BCUT2D eigenvalue weighted by molar-refractivity contribution is 7.91. The zero-order valence-electron chi connectivity index (χ0n) is 14.5. The fourth-order valence-electron chi connectivity index (χ4n) is 3.11. The lowest BCUT2D eigenvalue weighted by Gasteiger charge is -2.01. The lowest BCUT2D eigenvalue weighted by molar-refractivity contribution is 0.601. The average Bonchev–Trinajstić information content (AvgIpc) is 3.24. The van der Waals surface area contributed by atoms with Crippen LogP contribution in [-0.4, -0.2) is 42.0 Å². The molecule has 1 aliphatic heterocycles. The predicted octanol–water partition coefficient (Wildman–Crippen LogP) is 3.28. The van der Waals surface area contributed by atoms with Crippen molar-refractivity contribution in [3.05, 3.63) is 72.2 Å². The topological polar surface area (TPSA) is 64.3 Å². The van der Waals surface area contributed by atoms with Crippen molar-refractivity contribution < 1.29 is 12.8 Å². The Morgan fingerprint density at radius 2 is 1.85 bits per heavy atom. The van der Waals surface area contributed by atoms with Crippen LogP contribution in [-0.2, 0) is 9.84 Å². The first-order chi connectivity index (χ1) is 13.0. The Bertz CT molecular complexity index is 1070. The zero-order chi connectivity index (χ0) is 18.9. The zero-order valence-corrected chi connectivity index (χ0v) is 15.3. The molecule has 138 valence electrons. The number of sulfone groups is 1. The van der Waals surface area contributed by atoms with Crippen LogP contribution in [0, 0.1) is 5.82 Å². The van der Waals surface area contributed by atoms with E-state index in [1.54, 1.807) is 23.0 Å². The molecule has 7 heteroatoms. The molecule has 0 saturated carbocycles. The van der Waals surface area contributed by atoms with Gasteiger partial charge in [-0.3, -0.25) is 4.99 Å². The van der Waals surface area contributed by atoms with E-state index < -0.39 is 9.84 Å². The molecule has 4 rings (SSSR count). The maximum atomic E-state index is 13.3. The van der Waals surface area contributed by atoms with E-state index in [0.29, 0.717) is 12.1 Å². The average molecular weight is 383 g/mol. The van der Waals surface area contributed by atoms with Crippen molar-refractivity contribution in [2.45, 2.75) is 12.5 Å². The minimum Gasteiger partial charge on any atom is -0.288 e. The van der Waals surface area contributed by atoms with Crippen molar-refractivity contribution in [1.82, 2.24) is 9.78 Å².